The second-order valence-electron chi connectivity index (χ2n) is 5.25. The second-order valence-corrected chi connectivity index (χ2v) is 5.25. The van der Waals surface area contributed by atoms with Crippen LogP contribution in [0.3, 0.4) is 0 Å². The van der Waals surface area contributed by atoms with Crippen molar-refractivity contribution in [2.45, 2.75) is 39.0 Å². The Kier molecular flexibility index (Phi) is 3.82. The number of hydrogen-bond acceptors (Lipinski definition) is 1. The molecule has 2 rings (SSSR count). The monoisotopic (exact) mass is 232 g/mol. The van der Waals surface area contributed by atoms with Gasteiger partial charge in [-0.25, -0.2) is 0 Å². The number of carboxylic acid groups (broad SMARTS) is 1. The van der Waals surface area contributed by atoms with Gasteiger partial charge in [-0.05, 0) is 50.5 Å². The molecule has 92 valence electrons. The van der Waals surface area contributed by atoms with Gasteiger partial charge in [0.05, 0.1) is 5.92 Å². The van der Waals surface area contributed by atoms with E-state index in [2.05, 4.69) is 31.2 Å². The van der Waals surface area contributed by atoms with E-state index >= 15 is 0 Å². The quantitative estimate of drug-likeness (QED) is 0.867. The number of benzene rings is 1. The van der Waals surface area contributed by atoms with E-state index in [1.54, 1.807) is 0 Å². The van der Waals surface area contributed by atoms with Gasteiger partial charge < -0.3 is 5.11 Å². The van der Waals surface area contributed by atoms with E-state index in [9.17, 15) is 4.79 Å². The first-order valence-corrected chi connectivity index (χ1v) is 6.43. The van der Waals surface area contributed by atoms with Crippen LogP contribution in [0, 0.1) is 18.8 Å². The maximum absolute atomic E-state index is 10.9. The minimum atomic E-state index is -0.612. The number of rotatable bonds is 3. The average Bonchev–Trinajstić information content (AvgIpc) is 2.33. The van der Waals surface area contributed by atoms with E-state index in [4.69, 9.17) is 5.11 Å². The summed E-state index contributed by atoms with van der Waals surface area (Å²) in [4.78, 5) is 10.9. The molecule has 0 unspecified atom stereocenters. The zero-order chi connectivity index (χ0) is 12.3. The second kappa shape index (κ2) is 5.35. The number of aryl methyl sites for hydroxylation is 1. The number of carbonyl (C=O) groups is 1. The molecule has 1 saturated carbocycles. The third kappa shape index (κ3) is 3.32. The molecule has 1 aliphatic rings. The van der Waals surface area contributed by atoms with Gasteiger partial charge >= 0.3 is 5.97 Å². The van der Waals surface area contributed by atoms with Gasteiger partial charge in [0.1, 0.15) is 0 Å². The van der Waals surface area contributed by atoms with E-state index in [1.165, 1.54) is 11.1 Å². The van der Waals surface area contributed by atoms with Gasteiger partial charge in [0, 0.05) is 0 Å². The topological polar surface area (TPSA) is 37.3 Å². The minimum absolute atomic E-state index is 0.0933. The fourth-order valence-electron chi connectivity index (χ4n) is 2.67. The molecule has 1 aromatic rings. The first-order chi connectivity index (χ1) is 8.15. The molecule has 2 nitrogen and oxygen atoms in total. The van der Waals surface area contributed by atoms with Crippen LogP contribution in [-0.4, -0.2) is 11.1 Å². The summed E-state index contributed by atoms with van der Waals surface area (Å²) in [6.45, 7) is 2.10. The fourth-order valence-corrected chi connectivity index (χ4v) is 2.67. The summed E-state index contributed by atoms with van der Waals surface area (Å²) in [5.41, 5.74) is 2.68. The molecule has 1 fully saturated rings. The predicted octanol–water partition coefficient (Wildman–Crippen LogP) is 3.43. The molecule has 0 amide bonds. The zero-order valence-corrected chi connectivity index (χ0v) is 10.4. The van der Waals surface area contributed by atoms with Crippen molar-refractivity contribution < 1.29 is 9.90 Å². The summed E-state index contributed by atoms with van der Waals surface area (Å²) in [7, 11) is 0. The van der Waals surface area contributed by atoms with E-state index < -0.39 is 5.97 Å². The van der Waals surface area contributed by atoms with Crippen LogP contribution in [0.1, 0.15) is 36.8 Å². The van der Waals surface area contributed by atoms with Gasteiger partial charge in [-0.2, -0.15) is 0 Å². The van der Waals surface area contributed by atoms with Crippen LogP contribution < -0.4 is 0 Å². The van der Waals surface area contributed by atoms with Gasteiger partial charge in [0.15, 0.2) is 0 Å². The van der Waals surface area contributed by atoms with Gasteiger partial charge in [0.25, 0.3) is 0 Å². The Hall–Kier alpha value is -1.31. The summed E-state index contributed by atoms with van der Waals surface area (Å²) in [5, 5.41) is 8.94. The number of hydrogen-bond donors (Lipinski definition) is 1. The summed E-state index contributed by atoms with van der Waals surface area (Å²) in [6.07, 6.45) is 4.93. The van der Waals surface area contributed by atoms with Crippen molar-refractivity contribution in [2.75, 3.05) is 0 Å². The number of carboxylic acids is 1. The van der Waals surface area contributed by atoms with Crippen molar-refractivity contribution in [3.8, 4) is 0 Å². The minimum Gasteiger partial charge on any atom is -0.481 e. The Bertz CT molecular complexity index is 372. The molecule has 1 aliphatic carbocycles. The standard InChI is InChI=1S/C15H20O2/c1-11-2-4-12(5-3-11)10-13-6-8-14(9-7-13)15(16)17/h2-5,13-14H,6-10H2,1H3,(H,16,17). The highest BCUT2D eigenvalue weighted by molar-refractivity contribution is 5.69. The van der Waals surface area contributed by atoms with E-state index in [0.29, 0.717) is 5.92 Å². The van der Waals surface area contributed by atoms with Gasteiger partial charge in [-0.3, -0.25) is 4.79 Å². The summed E-state index contributed by atoms with van der Waals surface area (Å²) in [5.74, 6) is -0.0311. The molecule has 0 radical (unpaired) electrons. The highest BCUT2D eigenvalue weighted by Crippen LogP contribution is 2.31. The zero-order valence-electron chi connectivity index (χ0n) is 10.4. The van der Waals surface area contributed by atoms with Gasteiger partial charge in [-0.1, -0.05) is 29.8 Å². The van der Waals surface area contributed by atoms with Crippen molar-refractivity contribution >= 4 is 5.97 Å². The van der Waals surface area contributed by atoms with Crippen LogP contribution in [-0.2, 0) is 11.2 Å². The Morgan fingerprint density at radius 1 is 1.18 bits per heavy atom. The van der Waals surface area contributed by atoms with E-state index in [-0.39, 0.29) is 5.92 Å². The fraction of sp³-hybridized carbons (Fsp3) is 0.533. The van der Waals surface area contributed by atoms with Gasteiger partial charge in [0.2, 0.25) is 0 Å². The summed E-state index contributed by atoms with van der Waals surface area (Å²) in [6, 6.07) is 8.69. The molecule has 0 aromatic heterocycles. The van der Waals surface area contributed by atoms with Crippen molar-refractivity contribution in [3.63, 3.8) is 0 Å². The maximum Gasteiger partial charge on any atom is 0.306 e. The lowest BCUT2D eigenvalue weighted by Crippen LogP contribution is -2.22. The lowest BCUT2D eigenvalue weighted by Gasteiger charge is -2.26. The van der Waals surface area contributed by atoms with Crippen molar-refractivity contribution in [1.82, 2.24) is 0 Å². The lowest BCUT2D eigenvalue weighted by atomic mass is 9.79. The van der Waals surface area contributed by atoms with Crippen LogP contribution in [0.5, 0.6) is 0 Å². The van der Waals surface area contributed by atoms with Crippen LogP contribution in [0.25, 0.3) is 0 Å². The maximum atomic E-state index is 10.9. The molecule has 2 heteroatoms. The van der Waals surface area contributed by atoms with Crippen LogP contribution in [0.4, 0.5) is 0 Å². The molecule has 0 aliphatic heterocycles. The molecular weight excluding hydrogens is 212 g/mol. The first-order valence-electron chi connectivity index (χ1n) is 6.43. The van der Waals surface area contributed by atoms with E-state index in [1.807, 2.05) is 0 Å². The number of aliphatic carboxylic acids is 1. The van der Waals surface area contributed by atoms with Crippen molar-refractivity contribution in [1.29, 1.82) is 0 Å². The smallest absolute Gasteiger partial charge is 0.306 e. The van der Waals surface area contributed by atoms with Crippen LogP contribution >= 0.6 is 0 Å². The van der Waals surface area contributed by atoms with Crippen LogP contribution in [0.2, 0.25) is 0 Å². The summed E-state index contributed by atoms with van der Waals surface area (Å²) >= 11 is 0. The molecule has 0 heterocycles. The molecule has 17 heavy (non-hydrogen) atoms. The molecule has 1 N–H and O–H groups in total. The Labute approximate surface area is 103 Å². The molecular formula is C15H20O2. The highest BCUT2D eigenvalue weighted by Gasteiger charge is 2.25. The Morgan fingerprint density at radius 3 is 2.29 bits per heavy atom. The third-order valence-corrected chi connectivity index (χ3v) is 3.84. The molecule has 0 atom stereocenters. The predicted molar refractivity (Wildman–Crippen MR) is 68.0 cm³/mol. The van der Waals surface area contributed by atoms with Gasteiger partial charge in [-0.15, -0.1) is 0 Å². The molecule has 0 spiro atoms. The normalized spacial score (nSPS) is 24.5. The highest BCUT2D eigenvalue weighted by atomic mass is 16.4. The van der Waals surface area contributed by atoms with Crippen LogP contribution in [0.15, 0.2) is 24.3 Å². The first kappa shape index (κ1) is 12.2. The summed E-state index contributed by atoms with van der Waals surface area (Å²) < 4.78 is 0. The lowest BCUT2D eigenvalue weighted by molar-refractivity contribution is -0.143. The third-order valence-electron chi connectivity index (χ3n) is 3.84. The molecule has 1 aromatic carbocycles. The van der Waals surface area contributed by atoms with Crippen molar-refractivity contribution in [2.24, 2.45) is 11.8 Å². The van der Waals surface area contributed by atoms with E-state index in [0.717, 1.165) is 32.1 Å². The molecule has 0 saturated heterocycles. The largest absolute Gasteiger partial charge is 0.481 e. The Balaban J connectivity index is 1.85. The Morgan fingerprint density at radius 2 is 1.76 bits per heavy atom. The SMILES string of the molecule is Cc1ccc(CC2CCC(C(=O)O)CC2)cc1. The molecule has 0 bridgehead atoms. The average molecular weight is 232 g/mol. The van der Waals surface area contributed by atoms with Crippen molar-refractivity contribution in [3.05, 3.63) is 35.4 Å².